The van der Waals surface area contributed by atoms with E-state index >= 15 is 0 Å². The second kappa shape index (κ2) is 8.28. The number of nitrogens with zero attached hydrogens (tertiary/aromatic N) is 2. The molecule has 2 aliphatic rings. The highest BCUT2D eigenvalue weighted by atomic mass is 16.6. The van der Waals surface area contributed by atoms with E-state index in [2.05, 4.69) is 15.7 Å². The normalized spacial score (nSPS) is 20.8. The largest absolute Gasteiger partial charge is 0.376 e. The Balaban J connectivity index is 1.64. The lowest BCUT2D eigenvalue weighted by molar-refractivity contribution is -0.120. The number of rotatable bonds is 4. The van der Waals surface area contributed by atoms with Crippen LogP contribution in [0.3, 0.4) is 0 Å². The van der Waals surface area contributed by atoms with Crippen LogP contribution in [0.25, 0.3) is 5.52 Å². The van der Waals surface area contributed by atoms with Gasteiger partial charge < -0.3 is 20.1 Å². The van der Waals surface area contributed by atoms with E-state index in [0.717, 1.165) is 36.9 Å². The Morgan fingerprint density at radius 2 is 2.00 bits per heavy atom. The number of amides is 2. The first-order chi connectivity index (χ1) is 13.7. The fraction of sp³-hybridized carbons (Fsp3) is 0.550. The molecule has 0 aromatic carbocycles. The monoisotopic (exact) mass is 386 g/mol. The van der Waals surface area contributed by atoms with Gasteiger partial charge in [-0.3, -0.25) is 9.59 Å². The molecule has 28 heavy (non-hydrogen) atoms. The van der Waals surface area contributed by atoms with E-state index in [4.69, 9.17) is 9.47 Å². The Labute approximate surface area is 163 Å². The average molecular weight is 386 g/mol. The van der Waals surface area contributed by atoms with E-state index < -0.39 is 0 Å². The van der Waals surface area contributed by atoms with Gasteiger partial charge in [0.15, 0.2) is 0 Å². The summed E-state index contributed by atoms with van der Waals surface area (Å²) < 4.78 is 12.8. The Morgan fingerprint density at radius 1 is 1.18 bits per heavy atom. The van der Waals surface area contributed by atoms with Crippen LogP contribution in [-0.2, 0) is 14.3 Å². The fourth-order valence-electron chi connectivity index (χ4n) is 3.89. The molecule has 2 fully saturated rings. The van der Waals surface area contributed by atoms with E-state index in [1.54, 1.807) is 23.8 Å². The summed E-state index contributed by atoms with van der Waals surface area (Å²) in [6.45, 7) is 1.57. The summed E-state index contributed by atoms with van der Waals surface area (Å²) in [6, 6.07) is 3.70. The zero-order valence-electron chi connectivity index (χ0n) is 16.1. The Bertz CT molecular complexity index is 866. The van der Waals surface area contributed by atoms with E-state index in [1.165, 1.54) is 6.42 Å². The molecule has 8 nitrogen and oxygen atoms in total. The van der Waals surface area contributed by atoms with Crippen molar-refractivity contribution >= 4 is 23.0 Å². The van der Waals surface area contributed by atoms with Crippen molar-refractivity contribution in [3.63, 3.8) is 0 Å². The number of ether oxygens (including phenoxy) is 2. The van der Waals surface area contributed by atoms with Crippen LogP contribution in [0.2, 0.25) is 0 Å². The lowest BCUT2D eigenvalue weighted by Crippen LogP contribution is -2.27. The van der Waals surface area contributed by atoms with Gasteiger partial charge in [-0.05, 0) is 25.0 Å². The zero-order chi connectivity index (χ0) is 19.5. The van der Waals surface area contributed by atoms with Crippen molar-refractivity contribution in [3.05, 3.63) is 29.6 Å². The molecule has 0 bridgehead atoms. The van der Waals surface area contributed by atoms with Gasteiger partial charge in [-0.15, -0.1) is 0 Å². The molecule has 0 spiro atoms. The number of hydrogen-bond acceptors (Lipinski definition) is 5. The number of fused-ring (bicyclic) bond motifs is 1. The number of anilines is 1. The minimum atomic E-state index is -0.268. The second-order valence-corrected chi connectivity index (χ2v) is 7.38. The maximum absolute atomic E-state index is 12.7. The van der Waals surface area contributed by atoms with Gasteiger partial charge in [0.05, 0.1) is 42.3 Å². The summed E-state index contributed by atoms with van der Waals surface area (Å²) in [6.07, 6.45) is 6.57. The lowest BCUT2D eigenvalue weighted by Gasteiger charge is -2.21. The summed E-state index contributed by atoms with van der Waals surface area (Å²) in [5.41, 5.74) is 2.43. The number of carbonyl (C=O) groups is 2. The summed E-state index contributed by atoms with van der Waals surface area (Å²) in [5, 5.41) is 10.2. The van der Waals surface area contributed by atoms with Gasteiger partial charge in [0.1, 0.15) is 6.10 Å². The van der Waals surface area contributed by atoms with E-state index in [1.807, 2.05) is 6.07 Å². The summed E-state index contributed by atoms with van der Waals surface area (Å²) >= 11 is 0. The summed E-state index contributed by atoms with van der Waals surface area (Å²) in [7, 11) is 1.57. The highest BCUT2D eigenvalue weighted by Crippen LogP contribution is 2.28. The van der Waals surface area contributed by atoms with Crippen molar-refractivity contribution in [1.29, 1.82) is 0 Å². The van der Waals surface area contributed by atoms with Crippen LogP contribution in [0.5, 0.6) is 0 Å². The van der Waals surface area contributed by atoms with Gasteiger partial charge in [0, 0.05) is 19.2 Å². The smallest absolute Gasteiger partial charge is 0.254 e. The van der Waals surface area contributed by atoms with Crippen molar-refractivity contribution in [1.82, 2.24) is 14.9 Å². The van der Waals surface area contributed by atoms with Crippen LogP contribution in [0.15, 0.2) is 18.3 Å². The molecule has 3 heterocycles. The van der Waals surface area contributed by atoms with Crippen molar-refractivity contribution in [2.45, 2.75) is 38.2 Å². The molecule has 0 radical (unpaired) electrons. The molecule has 4 rings (SSSR count). The molecule has 1 aliphatic carbocycles. The highest BCUT2D eigenvalue weighted by Gasteiger charge is 2.24. The fourth-order valence-corrected chi connectivity index (χ4v) is 3.89. The number of aromatic nitrogens is 2. The van der Waals surface area contributed by atoms with Gasteiger partial charge in [0.25, 0.3) is 5.91 Å². The maximum Gasteiger partial charge on any atom is 0.254 e. The van der Waals surface area contributed by atoms with Crippen LogP contribution in [0, 0.1) is 5.92 Å². The molecule has 2 N–H and O–H groups in total. The molecule has 2 aromatic rings. The topological polar surface area (TPSA) is 94.0 Å². The van der Waals surface area contributed by atoms with E-state index in [0.29, 0.717) is 31.1 Å². The standard InChI is InChI=1S/C20H26N4O4/c1-21-20(26)15-11-24-14(10-17(23-24)18-12-27-7-8-28-18)9-16(15)22-19(25)13-5-3-2-4-6-13/h9-11,13,18H,2-8,12H2,1H3,(H,21,26)(H,22,25). The number of hydrogen-bond donors (Lipinski definition) is 2. The minimum absolute atomic E-state index is 0.00998. The molecule has 1 saturated heterocycles. The maximum atomic E-state index is 12.7. The first-order valence-corrected chi connectivity index (χ1v) is 9.91. The Morgan fingerprint density at radius 3 is 2.71 bits per heavy atom. The molecule has 1 unspecified atom stereocenters. The third-order valence-corrected chi connectivity index (χ3v) is 5.47. The van der Waals surface area contributed by atoms with Crippen molar-refractivity contribution in [2.75, 3.05) is 32.2 Å². The molecule has 1 saturated carbocycles. The first kappa shape index (κ1) is 18.9. The first-order valence-electron chi connectivity index (χ1n) is 9.91. The predicted molar refractivity (Wildman–Crippen MR) is 103 cm³/mol. The molecular formula is C20H26N4O4. The molecule has 1 aliphatic heterocycles. The Hall–Kier alpha value is -2.45. The third-order valence-electron chi connectivity index (χ3n) is 5.47. The van der Waals surface area contributed by atoms with Gasteiger partial charge in [0.2, 0.25) is 5.91 Å². The second-order valence-electron chi connectivity index (χ2n) is 7.38. The molecule has 1 atom stereocenters. The summed E-state index contributed by atoms with van der Waals surface area (Å²) in [4.78, 5) is 25.1. The SMILES string of the molecule is CNC(=O)c1cn2nc(C3COCCO3)cc2cc1NC(=O)C1CCCCC1. The van der Waals surface area contributed by atoms with Gasteiger partial charge in [-0.2, -0.15) is 5.10 Å². The minimum Gasteiger partial charge on any atom is -0.376 e. The molecular weight excluding hydrogens is 360 g/mol. The van der Waals surface area contributed by atoms with E-state index in [9.17, 15) is 9.59 Å². The molecule has 8 heteroatoms. The third kappa shape index (κ3) is 3.88. The Kier molecular flexibility index (Phi) is 5.59. The predicted octanol–water partition coefficient (Wildman–Crippen LogP) is 2.30. The van der Waals surface area contributed by atoms with Crippen LogP contribution in [-0.4, -0.2) is 48.3 Å². The average Bonchev–Trinajstić information content (AvgIpc) is 3.17. The van der Waals surface area contributed by atoms with Crippen LogP contribution in [0.1, 0.15) is 54.3 Å². The quantitative estimate of drug-likeness (QED) is 0.841. The summed E-state index contributed by atoms with van der Waals surface area (Å²) in [5.74, 6) is -0.274. The van der Waals surface area contributed by atoms with Gasteiger partial charge in [-0.25, -0.2) is 4.52 Å². The van der Waals surface area contributed by atoms with Crippen molar-refractivity contribution in [2.24, 2.45) is 5.92 Å². The molecule has 2 aromatic heterocycles. The van der Waals surface area contributed by atoms with Crippen LogP contribution < -0.4 is 10.6 Å². The number of pyridine rings is 1. The lowest BCUT2D eigenvalue weighted by atomic mass is 9.88. The number of carbonyl (C=O) groups excluding carboxylic acids is 2. The van der Waals surface area contributed by atoms with E-state index in [-0.39, 0.29) is 23.8 Å². The number of nitrogens with one attached hydrogen (secondary N) is 2. The molecule has 2 amide bonds. The zero-order valence-corrected chi connectivity index (χ0v) is 16.1. The van der Waals surface area contributed by atoms with Crippen molar-refractivity contribution in [3.8, 4) is 0 Å². The van der Waals surface area contributed by atoms with Crippen LogP contribution in [0.4, 0.5) is 5.69 Å². The molecule has 150 valence electrons. The highest BCUT2D eigenvalue weighted by molar-refractivity contribution is 6.04. The van der Waals surface area contributed by atoms with Gasteiger partial charge >= 0.3 is 0 Å². The van der Waals surface area contributed by atoms with Crippen LogP contribution >= 0.6 is 0 Å². The van der Waals surface area contributed by atoms with Crippen molar-refractivity contribution < 1.29 is 19.1 Å². The van der Waals surface area contributed by atoms with Gasteiger partial charge in [-0.1, -0.05) is 19.3 Å².